The lowest BCUT2D eigenvalue weighted by Gasteiger charge is -2.13. The molecule has 0 aliphatic rings. The maximum Gasteiger partial charge on any atom is 0.185 e. The lowest BCUT2D eigenvalue weighted by Crippen LogP contribution is -2.18. The molecule has 0 bridgehead atoms. The lowest BCUT2D eigenvalue weighted by molar-refractivity contribution is 0.199. The van der Waals surface area contributed by atoms with Crippen LogP contribution in [0.5, 0.6) is 0 Å². The first-order valence-electron chi connectivity index (χ1n) is 5.63. The minimum atomic E-state index is 0.751. The number of hydrogen-bond donors (Lipinski definition) is 1. The Morgan fingerprint density at radius 3 is 3.06 bits per heavy atom. The van der Waals surface area contributed by atoms with Gasteiger partial charge in [-0.05, 0) is 6.42 Å². The number of methoxy groups -OCH3 is 1. The Bertz CT molecular complexity index is 291. The van der Waals surface area contributed by atoms with Gasteiger partial charge in [0.1, 0.15) is 0 Å². The summed E-state index contributed by atoms with van der Waals surface area (Å²) >= 11 is 1.75. The van der Waals surface area contributed by atoms with Crippen LogP contribution in [-0.4, -0.2) is 38.8 Å². The highest BCUT2D eigenvalue weighted by Crippen LogP contribution is 2.21. The van der Waals surface area contributed by atoms with E-state index in [1.54, 1.807) is 18.4 Å². The van der Waals surface area contributed by atoms with Gasteiger partial charge in [-0.1, -0.05) is 6.92 Å². The highest BCUT2D eigenvalue weighted by Gasteiger charge is 2.05. The van der Waals surface area contributed by atoms with Gasteiger partial charge >= 0.3 is 0 Å². The molecule has 1 N–H and O–H groups in total. The zero-order valence-corrected chi connectivity index (χ0v) is 11.1. The highest BCUT2D eigenvalue weighted by atomic mass is 32.1. The van der Waals surface area contributed by atoms with Gasteiger partial charge in [0.25, 0.3) is 0 Å². The molecule has 0 radical (unpaired) electrons. The third-order valence-electron chi connectivity index (χ3n) is 2.21. The summed E-state index contributed by atoms with van der Waals surface area (Å²) in [7, 11) is 3.80. The second-order valence-corrected chi connectivity index (χ2v) is 4.79. The van der Waals surface area contributed by atoms with Crippen LogP contribution in [0.2, 0.25) is 0 Å². The van der Waals surface area contributed by atoms with E-state index in [0.29, 0.717) is 0 Å². The van der Waals surface area contributed by atoms with Crippen LogP contribution in [0.4, 0.5) is 5.13 Å². The predicted molar refractivity (Wildman–Crippen MR) is 69.3 cm³/mol. The summed E-state index contributed by atoms with van der Waals surface area (Å²) in [6, 6.07) is 0. The summed E-state index contributed by atoms with van der Waals surface area (Å²) < 4.78 is 4.97. The smallest absolute Gasteiger partial charge is 0.185 e. The van der Waals surface area contributed by atoms with Crippen LogP contribution in [0.15, 0.2) is 6.20 Å². The van der Waals surface area contributed by atoms with Crippen molar-refractivity contribution in [1.82, 2.24) is 10.3 Å². The molecule has 0 spiro atoms. The average molecular weight is 243 g/mol. The molecule has 0 aromatic carbocycles. The first-order chi connectivity index (χ1) is 7.77. The van der Waals surface area contributed by atoms with E-state index in [1.165, 1.54) is 4.88 Å². The summed E-state index contributed by atoms with van der Waals surface area (Å²) in [6.07, 6.45) is 3.10. The van der Waals surface area contributed by atoms with Crippen molar-refractivity contribution in [2.24, 2.45) is 0 Å². The van der Waals surface area contributed by atoms with Gasteiger partial charge < -0.3 is 15.0 Å². The van der Waals surface area contributed by atoms with E-state index < -0.39 is 0 Å². The van der Waals surface area contributed by atoms with Crippen molar-refractivity contribution in [3.05, 3.63) is 11.1 Å². The minimum Gasteiger partial charge on any atom is -0.383 e. The molecule has 1 rings (SSSR count). The van der Waals surface area contributed by atoms with E-state index in [0.717, 1.165) is 37.8 Å². The van der Waals surface area contributed by atoms with Crippen LogP contribution in [0.3, 0.4) is 0 Å². The monoisotopic (exact) mass is 243 g/mol. The quantitative estimate of drug-likeness (QED) is 0.706. The summed E-state index contributed by atoms with van der Waals surface area (Å²) in [6.45, 7) is 5.75. The van der Waals surface area contributed by atoms with Crippen molar-refractivity contribution in [3.8, 4) is 0 Å². The van der Waals surface area contributed by atoms with Crippen molar-refractivity contribution in [1.29, 1.82) is 0 Å². The van der Waals surface area contributed by atoms with Crippen molar-refractivity contribution < 1.29 is 4.74 Å². The Balaban J connectivity index is 2.33. The van der Waals surface area contributed by atoms with Gasteiger partial charge in [0.05, 0.1) is 6.61 Å². The van der Waals surface area contributed by atoms with E-state index in [2.05, 4.69) is 29.2 Å². The molecular weight excluding hydrogens is 222 g/mol. The molecule has 0 amide bonds. The van der Waals surface area contributed by atoms with Crippen molar-refractivity contribution >= 4 is 16.5 Å². The molecule has 92 valence electrons. The Hall–Kier alpha value is -0.650. The molecule has 4 nitrogen and oxygen atoms in total. The van der Waals surface area contributed by atoms with Gasteiger partial charge in [0, 0.05) is 44.9 Å². The number of thiazole rings is 1. The molecule has 16 heavy (non-hydrogen) atoms. The van der Waals surface area contributed by atoms with Crippen molar-refractivity contribution in [2.45, 2.75) is 19.9 Å². The summed E-state index contributed by atoms with van der Waals surface area (Å²) in [5.74, 6) is 0. The molecule has 1 heterocycles. The van der Waals surface area contributed by atoms with Crippen molar-refractivity contribution in [3.63, 3.8) is 0 Å². The second kappa shape index (κ2) is 7.60. The van der Waals surface area contributed by atoms with E-state index in [1.807, 2.05) is 6.20 Å². The standard InChI is InChI=1S/C11H21N3OS/c1-4-6-14(2)11-13-9-10(16-11)8-12-5-7-15-3/h9,12H,4-8H2,1-3H3. The molecule has 0 fully saturated rings. The fourth-order valence-corrected chi connectivity index (χ4v) is 2.24. The second-order valence-electron chi connectivity index (χ2n) is 3.70. The highest BCUT2D eigenvalue weighted by molar-refractivity contribution is 7.15. The first-order valence-corrected chi connectivity index (χ1v) is 6.45. The van der Waals surface area contributed by atoms with Crippen LogP contribution >= 0.6 is 11.3 Å². The SMILES string of the molecule is CCCN(C)c1ncc(CNCCOC)s1. The van der Waals surface area contributed by atoms with Gasteiger partial charge in [-0.15, -0.1) is 11.3 Å². The Kier molecular flexibility index (Phi) is 6.37. The molecule has 1 aromatic heterocycles. The Morgan fingerprint density at radius 2 is 2.38 bits per heavy atom. The van der Waals surface area contributed by atoms with Crippen LogP contribution in [0.1, 0.15) is 18.2 Å². The zero-order valence-electron chi connectivity index (χ0n) is 10.3. The number of ether oxygens (including phenoxy) is 1. The first kappa shape index (κ1) is 13.4. The Morgan fingerprint density at radius 1 is 1.56 bits per heavy atom. The maximum atomic E-state index is 4.97. The molecular formula is C11H21N3OS. The van der Waals surface area contributed by atoms with Gasteiger partial charge in [0.15, 0.2) is 5.13 Å². The van der Waals surface area contributed by atoms with Gasteiger partial charge in [0.2, 0.25) is 0 Å². The predicted octanol–water partition coefficient (Wildman–Crippen LogP) is 1.73. The number of anilines is 1. The maximum absolute atomic E-state index is 4.97. The van der Waals surface area contributed by atoms with Crippen LogP contribution in [0, 0.1) is 0 Å². The van der Waals surface area contributed by atoms with E-state index in [4.69, 9.17) is 4.74 Å². The average Bonchev–Trinajstić information content (AvgIpc) is 2.73. The van der Waals surface area contributed by atoms with E-state index >= 15 is 0 Å². The number of nitrogens with one attached hydrogen (secondary N) is 1. The zero-order chi connectivity index (χ0) is 11.8. The number of rotatable bonds is 8. The summed E-state index contributed by atoms with van der Waals surface area (Å²) in [5.41, 5.74) is 0. The molecule has 5 heteroatoms. The largest absolute Gasteiger partial charge is 0.383 e. The number of hydrogen-bond acceptors (Lipinski definition) is 5. The molecule has 0 aliphatic carbocycles. The molecule has 1 aromatic rings. The molecule has 0 saturated heterocycles. The fraction of sp³-hybridized carbons (Fsp3) is 0.727. The molecule has 0 unspecified atom stereocenters. The van der Waals surface area contributed by atoms with E-state index in [9.17, 15) is 0 Å². The van der Waals surface area contributed by atoms with Gasteiger partial charge in [-0.3, -0.25) is 0 Å². The molecule has 0 atom stereocenters. The Labute approximate surface area is 102 Å². The topological polar surface area (TPSA) is 37.4 Å². The lowest BCUT2D eigenvalue weighted by atomic mass is 10.5. The van der Waals surface area contributed by atoms with E-state index in [-0.39, 0.29) is 0 Å². The normalized spacial score (nSPS) is 10.7. The third kappa shape index (κ3) is 4.47. The van der Waals surface area contributed by atoms with Crippen LogP contribution in [-0.2, 0) is 11.3 Å². The van der Waals surface area contributed by atoms with Gasteiger partial charge in [-0.2, -0.15) is 0 Å². The molecule has 0 aliphatic heterocycles. The number of nitrogens with zero attached hydrogens (tertiary/aromatic N) is 2. The number of aromatic nitrogens is 1. The summed E-state index contributed by atoms with van der Waals surface area (Å²) in [5, 5.41) is 4.42. The van der Waals surface area contributed by atoms with Crippen molar-refractivity contribution in [2.75, 3.05) is 38.8 Å². The fourth-order valence-electron chi connectivity index (χ4n) is 1.37. The summed E-state index contributed by atoms with van der Waals surface area (Å²) in [4.78, 5) is 7.88. The van der Waals surface area contributed by atoms with Crippen LogP contribution < -0.4 is 10.2 Å². The minimum absolute atomic E-state index is 0.751. The third-order valence-corrected chi connectivity index (χ3v) is 3.32. The molecule has 0 saturated carbocycles. The van der Waals surface area contributed by atoms with Gasteiger partial charge in [-0.25, -0.2) is 4.98 Å². The van der Waals surface area contributed by atoms with Crippen LogP contribution in [0.25, 0.3) is 0 Å².